The lowest BCUT2D eigenvalue weighted by atomic mass is 9.95. The van der Waals surface area contributed by atoms with E-state index in [1.807, 2.05) is 13.0 Å². The SMILES string of the molecule is Cc1cc(F)c(Br)cc1N1CC2CCCN2CC1C(C)C. The van der Waals surface area contributed by atoms with Crippen LogP contribution in [0.3, 0.4) is 0 Å². The summed E-state index contributed by atoms with van der Waals surface area (Å²) >= 11 is 3.35. The molecule has 0 amide bonds. The number of rotatable bonds is 2. The summed E-state index contributed by atoms with van der Waals surface area (Å²) in [4.78, 5) is 5.17. The second-order valence-electron chi connectivity index (χ2n) is 6.81. The minimum absolute atomic E-state index is 0.170. The summed E-state index contributed by atoms with van der Waals surface area (Å²) in [5.41, 5.74) is 2.22. The van der Waals surface area contributed by atoms with Crippen LogP contribution in [0, 0.1) is 18.7 Å². The molecule has 21 heavy (non-hydrogen) atoms. The average Bonchev–Trinajstić information content (AvgIpc) is 2.88. The van der Waals surface area contributed by atoms with Crippen molar-refractivity contribution in [3.8, 4) is 0 Å². The molecule has 116 valence electrons. The van der Waals surface area contributed by atoms with Crippen molar-refractivity contribution in [2.24, 2.45) is 5.92 Å². The van der Waals surface area contributed by atoms with Gasteiger partial charge in [-0.2, -0.15) is 0 Å². The molecule has 0 N–H and O–H groups in total. The van der Waals surface area contributed by atoms with E-state index in [9.17, 15) is 4.39 Å². The first-order valence-electron chi connectivity index (χ1n) is 7.93. The van der Waals surface area contributed by atoms with E-state index >= 15 is 0 Å². The van der Waals surface area contributed by atoms with Crippen molar-refractivity contribution in [1.29, 1.82) is 0 Å². The van der Waals surface area contributed by atoms with Crippen LogP contribution in [0.1, 0.15) is 32.3 Å². The second kappa shape index (κ2) is 5.88. The third kappa shape index (κ3) is 2.85. The van der Waals surface area contributed by atoms with Gasteiger partial charge in [0.1, 0.15) is 5.82 Å². The summed E-state index contributed by atoms with van der Waals surface area (Å²) in [6, 6.07) is 4.79. The highest BCUT2D eigenvalue weighted by Crippen LogP contribution is 2.35. The van der Waals surface area contributed by atoms with Crippen LogP contribution in [-0.4, -0.2) is 36.6 Å². The zero-order valence-electron chi connectivity index (χ0n) is 13.1. The van der Waals surface area contributed by atoms with Gasteiger partial charge < -0.3 is 4.90 Å². The number of anilines is 1. The van der Waals surface area contributed by atoms with E-state index in [0.717, 1.165) is 18.7 Å². The van der Waals surface area contributed by atoms with Gasteiger partial charge >= 0.3 is 0 Å². The van der Waals surface area contributed by atoms with E-state index in [0.29, 0.717) is 22.5 Å². The van der Waals surface area contributed by atoms with E-state index in [-0.39, 0.29) is 5.82 Å². The van der Waals surface area contributed by atoms with Gasteiger partial charge in [-0.1, -0.05) is 13.8 Å². The van der Waals surface area contributed by atoms with Gasteiger partial charge in [0, 0.05) is 30.9 Å². The third-order valence-electron chi connectivity index (χ3n) is 5.05. The van der Waals surface area contributed by atoms with Crippen molar-refractivity contribution in [1.82, 2.24) is 4.90 Å². The first kappa shape index (κ1) is 15.3. The predicted octanol–water partition coefficient (Wildman–Crippen LogP) is 4.21. The Bertz CT molecular complexity index is 532. The molecule has 1 aromatic carbocycles. The van der Waals surface area contributed by atoms with Gasteiger partial charge in [0.2, 0.25) is 0 Å². The maximum absolute atomic E-state index is 13.7. The molecule has 2 fully saturated rings. The Morgan fingerprint density at radius 2 is 2.05 bits per heavy atom. The van der Waals surface area contributed by atoms with E-state index < -0.39 is 0 Å². The number of fused-ring (bicyclic) bond motifs is 1. The molecule has 0 aliphatic carbocycles. The summed E-state index contributed by atoms with van der Waals surface area (Å²) in [7, 11) is 0. The Morgan fingerprint density at radius 1 is 1.29 bits per heavy atom. The number of piperazine rings is 1. The van der Waals surface area contributed by atoms with Crippen molar-refractivity contribution in [2.75, 3.05) is 24.5 Å². The molecular formula is C17H24BrFN2. The lowest BCUT2D eigenvalue weighted by molar-refractivity contribution is 0.176. The Kier molecular flexibility index (Phi) is 4.28. The van der Waals surface area contributed by atoms with Gasteiger partial charge in [0.05, 0.1) is 4.47 Å². The summed E-state index contributed by atoms with van der Waals surface area (Å²) in [6.45, 7) is 10.1. The number of hydrogen-bond donors (Lipinski definition) is 0. The minimum atomic E-state index is -0.170. The minimum Gasteiger partial charge on any atom is -0.365 e. The smallest absolute Gasteiger partial charge is 0.137 e. The number of benzene rings is 1. The van der Waals surface area contributed by atoms with Gasteiger partial charge in [0.15, 0.2) is 0 Å². The molecule has 0 aromatic heterocycles. The first-order chi connectivity index (χ1) is 9.97. The molecule has 4 heteroatoms. The van der Waals surface area contributed by atoms with Crippen molar-refractivity contribution >= 4 is 21.6 Å². The normalized spacial score (nSPS) is 26.5. The lowest BCUT2D eigenvalue weighted by Gasteiger charge is -2.47. The molecule has 0 radical (unpaired) electrons. The fraction of sp³-hybridized carbons (Fsp3) is 0.647. The van der Waals surface area contributed by atoms with Crippen LogP contribution in [0.5, 0.6) is 0 Å². The topological polar surface area (TPSA) is 6.48 Å². The zero-order valence-corrected chi connectivity index (χ0v) is 14.7. The molecule has 0 spiro atoms. The van der Waals surface area contributed by atoms with E-state index in [2.05, 4.69) is 39.6 Å². The second-order valence-corrected chi connectivity index (χ2v) is 7.66. The van der Waals surface area contributed by atoms with Crippen molar-refractivity contribution in [2.45, 2.75) is 45.7 Å². The lowest BCUT2D eigenvalue weighted by Crippen LogP contribution is -2.58. The molecule has 0 saturated carbocycles. The molecule has 2 atom stereocenters. The van der Waals surface area contributed by atoms with Crippen LogP contribution in [0.15, 0.2) is 16.6 Å². The quantitative estimate of drug-likeness (QED) is 0.784. The highest BCUT2D eigenvalue weighted by Gasteiger charge is 2.38. The molecule has 3 rings (SSSR count). The van der Waals surface area contributed by atoms with Gasteiger partial charge in [0.25, 0.3) is 0 Å². The van der Waals surface area contributed by atoms with Gasteiger partial charge in [-0.05, 0) is 65.9 Å². The van der Waals surface area contributed by atoms with Crippen LogP contribution < -0.4 is 4.90 Å². The standard InChI is InChI=1S/C17H24BrFN2/c1-11(2)17-10-20-6-4-5-13(20)9-21(17)16-8-14(18)15(19)7-12(16)3/h7-8,11,13,17H,4-6,9-10H2,1-3H3. The molecule has 2 aliphatic rings. The summed E-state index contributed by atoms with van der Waals surface area (Å²) < 4.78 is 14.3. The third-order valence-corrected chi connectivity index (χ3v) is 5.65. The number of aryl methyl sites for hydroxylation is 1. The zero-order chi connectivity index (χ0) is 15.1. The fourth-order valence-corrected chi connectivity index (χ4v) is 4.17. The highest BCUT2D eigenvalue weighted by molar-refractivity contribution is 9.10. The first-order valence-corrected chi connectivity index (χ1v) is 8.73. The molecule has 0 bridgehead atoms. The van der Waals surface area contributed by atoms with Crippen LogP contribution in [-0.2, 0) is 0 Å². The van der Waals surface area contributed by atoms with E-state index in [1.165, 1.54) is 25.1 Å². The molecule has 2 nitrogen and oxygen atoms in total. The van der Waals surface area contributed by atoms with Crippen LogP contribution in [0.4, 0.5) is 10.1 Å². The van der Waals surface area contributed by atoms with Crippen LogP contribution in [0.25, 0.3) is 0 Å². The van der Waals surface area contributed by atoms with E-state index in [1.54, 1.807) is 6.07 Å². The maximum Gasteiger partial charge on any atom is 0.137 e. The van der Waals surface area contributed by atoms with Crippen molar-refractivity contribution in [3.05, 3.63) is 28.0 Å². The molecule has 2 aliphatic heterocycles. The number of hydrogen-bond acceptors (Lipinski definition) is 2. The van der Waals surface area contributed by atoms with E-state index in [4.69, 9.17) is 0 Å². The molecular weight excluding hydrogens is 331 g/mol. The van der Waals surface area contributed by atoms with Crippen LogP contribution in [0.2, 0.25) is 0 Å². The molecule has 2 saturated heterocycles. The maximum atomic E-state index is 13.7. The van der Waals surface area contributed by atoms with Crippen LogP contribution >= 0.6 is 15.9 Å². The Morgan fingerprint density at radius 3 is 2.76 bits per heavy atom. The Balaban J connectivity index is 1.96. The van der Waals surface area contributed by atoms with Gasteiger partial charge in [-0.15, -0.1) is 0 Å². The largest absolute Gasteiger partial charge is 0.365 e. The molecule has 1 aromatic rings. The Labute approximate surface area is 135 Å². The summed E-state index contributed by atoms with van der Waals surface area (Å²) in [6.07, 6.45) is 2.61. The monoisotopic (exact) mass is 354 g/mol. The summed E-state index contributed by atoms with van der Waals surface area (Å²) in [5, 5.41) is 0. The van der Waals surface area contributed by atoms with Gasteiger partial charge in [-0.3, -0.25) is 4.90 Å². The highest BCUT2D eigenvalue weighted by atomic mass is 79.9. The molecule has 2 heterocycles. The van der Waals surface area contributed by atoms with Crippen molar-refractivity contribution < 1.29 is 4.39 Å². The fourth-order valence-electron chi connectivity index (χ4n) is 3.84. The number of nitrogens with zero attached hydrogens (tertiary/aromatic N) is 2. The van der Waals surface area contributed by atoms with Gasteiger partial charge in [-0.25, -0.2) is 4.39 Å². The predicted molar refractivity (Wildman–Crippen MR) is 89.4 cm³/mol. The van der Waals surface area contributed by atoms with Crippen molar-refractivity contribution in [3.63, 3.8) is 0 Å². The number of halogens is 2. The Hall–Kier alpha value is -0.610. The summed E-state index contributed by atoms with van der Waals surface area (Å²) in [5.74, 6) is 0.423. The molecule has 2 unspecified atom stereocenters. The average molecular weight is 355 g/mol.